The number of carboxylic acid groups (broad SMARTS) is 1. The van der Waals surface area contributed by atoms with Crippen molar-refractivity contribution in [3.8, 4) is 0 Å². The molecule has 0 saturated carbocycles. The molecule has 0 aromatic carbocycles. The molecule has 5 amide bonds. The van der Waals surface area contributed by atoms with Crippen molar-refractivity contribution in [3.63, 3.8) is 0 Å². The minimum Gasteiger partial charge on any atom is -0.480 e. The van der Waals surface area contributed by atoms with Crippen LogP contribution in [0.15, 0.2) is 0 Å². The Labute approximate surface area is 180 Å². The average Bonchev–Trinajstić information content (AvgIpc) is 2.72. The van der Waals surface area contributed by atoms with Crippen LogP contribution in [0.3, 0.4) is 0 Å². The number of amides is 5. The standard InChI is InChI=1S/C18H32N6O7/c1-5-9(2)15(18(31)23-11(4)17(30)21-8-14(27)28)24-13(26)7-20-16(29)10(3)22-12(25)6-19/h9-11,15H,5-8,19H2,1-4H3,(H,20,29)(H,21,30)(H,22,25)(H,23,31)(H,24,26)(H,27,28)/t9-,10-,11-,15-/m0/s1. The third-order valence-corrected chi connectivity index (χ3v) is 4.36. The van der Waals surface area contributed by atoms with Gasteiger partial charge in [-0.15, -0.1) is 0 Å². The van der Waals surface area contributed by atoms with Crippen molar-refractivity contribution in [2.45, 2.75) is 52.2 Å². The minimum atomic E-state index is -1.23. The smallest absolute Gasteiger partial charge is 0.322 e. The summed E-state index contributed by atoms with van der Waals surface area (Å²) in [7, 11) is 0. The lowest BCUT2D eigenvalue weighted by Gasteiger charge is -2.25. The number of carbonyl (C=O) groups excluding carboxylic acids is 5. The zero-order valence-corrected chi connectivity index (χ0v) is 18.1. The highest BCUT2D eigenvalue weighted by Crippen LogP contribution is 2.08. The van der Waals surface area contributed by atoms with Crippen molar-refractivity contribution in [3.05, 3.63) is 0 Å². The molecule has 0 bridgehead atoms. The fraction of sp³-hybridized carbons (Fsp3) is 0.667. The molecule has 0 radical (unpaired) electrons. The van der Waals surface area contributed by atoms with E-state index < -0.39 is 66.7 Å². The molecule has 4 atom stereocenters. The van der Waals surface area contributed by atoms with Crippen LogP contribution in [-0.2, 0) is 28.8 Å². The summed E-state index contributed by atoms with van der Waals surface area (Å²) in [5.74, 6) is -4.62. The molecular formula is C18H32N6O7. The predicted octanol–water partition coefficient (Wildman–Crippen LogP) is -3.20. The van der Waals surface area contributed by atoms with E-state index in [1.165, 1.54) is 13.8 Å². The first-order valence-corrected chi connectivity index (χ1v) is 9.79. The van der Waals surface area contributed by atoms with Crippen LogP contribution in [0.4, 0.5) is 0 Å². The second-order valence-electron chi connectivity index (χ2n) is 6.98. The van der Waals surface area contributed by atoms with E-state index in [0.29, 0.717) is 6.42 Å². The van der Waals surface area contributed by atoms with Gasteiger partial charge in [0, 0.05) is 0 Å². The molecule has 8 N–H and O–H groups in total. The number of hydrogen-bond donors (Lipinski definition) is 7. The van der Waals surface area contributed by atoms with Crippen LogP contribution in [0.25, 0.3) is 0 Å². The fourth-order valence-electron chi connectivity index (χ4n) is 2.30. The number of carbonyl (C=O) groups is 6. The first-order chi connectivity index (χ1) is 14.4. The maximum Gasteiger partial charge on any atom is 0.322 e. The predicted molar refractivity (Wildman–Crippen MR) is 109 cm³/mol. The molecule has 0 saturated heterocycles. The van der Waals surface area contributed by atoms with Crippen molar-refractivity contribution in [2.75, 3.05) is 19.6 Å². The lowest BCUT2D eigenvalue weighted by atomic mass is 9.98. The molecule has 0 heterocycles. The van der Waals surface area contributed by atoms with Crippen molar-refractivity contribution in [1.82, 2.24) is 26.6 Å². The van der Waals surface area contributed by atoms with Crippen molar-refractivity contribution in [2.24, 2.45) is 11.7 Å². The van der Waals surface area contributed by atoms with Crippen LogP contribution in [0.5, 0.6) is 0 Å². The summed E-state index contributed by atoms with van der Waals surface area (Å²) in [5.41, 5.74) is 5.15. The zero-order chi connectivity index (χ0) is 24.1. The Morgan fingerprint density at radius 1 is 0.774 bits per heavy atom. The fourth-order valence-corrected chi connectivity index (χ4v) is 2.30. The Hall–Kier alpha value is -3.22. The topological polar surface area (TPSA) is 209 Å². The Morgan fingerprint density at radius 3 is 1.77 bits per heavy atom. The summed E-state index contributed by atoms with van der Waals surface area (Å²) in [6, 6.07) is -2.91. The second kappa shape index (κ2) is 13.9. The second-order valence-corrected chi connectivity index (χ2v) is 6.98. The van der Waals surface area contributed by atoms with E-state index in [1.807, 2.05) is 6.92 Å². The summed E-state index contributed by atoms with van der Waals surface area (Å²) in [5, 5.41) is 20.4. The van der Waals surface area contributed by atoms with Crippen LogP contribution >= 0.6 is 0 Å². The molecule has 176 valence electrons. The molecule has 0 aliphatic rings. The SMILES string of the molecule is CC[C@H](C)[C@H](NC(=O)CNC(=O)[C@H](C)NC(=O)CN)C(=O)N[C@@H](C)C(=O)NCC(=O)O. The van der Waals surface area contributed by atoms with Gasteiger partial charge >= 0.3 is 5.97 Å². The van der Waals surface area contributed by atoms with E-state index in [1.54, 1.807) is 6.92 Å². The van der Waals surface area contributed by atoms with E-state index in [0.717, 1.165) is 0 Å². The number of carboxylic acids is 1. The first kappa shape index (κ1) is 27.8. The van der Waals surface area contributed by atoms with Gasteiger partial charge in [0.15, 0.2) is 0 Å². The van der Waals surface area contributed by atoms with Gasteiger partial charge in [0.25, 0.3) is 0 Å². The number of aliphatic carboxylic acids is 1. The molecule has 13 nitrogen and oxygen atoms in total. The van der Waals surface area contributed by atoms with Gasteiger partial charge in [-0.25, -0.2) is 0 Å². The maximum atomic E-state index is 12.6. The molecule has 0 spiro atoms. The van der Waals surface area contributed by atoms with Gasteiger partial charge in [0.1, 0.15) is 24.7 Å². The van der Waals surface area contributed by atoms with Gasteiger partial charge in [0.2, 0.25) is 29.5 Å². The van der Waals surface area contributed by atoms with Crippen molar-refractivity contribution >= 4 is 35.5 Å². The molecule has 0 aliphatic heterocycles. The highest BCUT2D eigenvalue weighted by molar-refractivity contribution is 5.94. The first-order valence-electron chi connectivity index (χ1n) is 9.79. The highest BCUT2D eigenvalue weighted by Gasteiger charge is 2.28. The summed E-state index contributed by atoms with van der Waals surface area (Å²) in [4.78, 5) is 70.3. The maximum absolute atomic E-state index is 12.6. The zero-order valence-electron chi connectivity index (χ0n) is 18.1. The molecular weight excluding hydrogens is 412 g/mol. The summed E-state index contributed by atoms with van der Waals surface area (Å²) in [6.07, 6.45) is 0.534. The van der Waals surface area contributed by atoms with Crippen LogP contribution < -0.4 is 32.3 Å². The van der Waals surface area contributed by atoms with Gasteiger partial charge in [0.05, 0.1) is 13.1 Å². The Morgan fingerprint density at radius 2 is 1.29 bits per heavy atom. The van der Waals surface area contributed by atoms with Gasteiger partial charge in [-0.2, -0.15) is 0 Å². The Kier molecular flexibility index (Phi) is 12.5. The number of hydrogen-bond acceptors (Lipinski definition) is 7. The number of rotatable bonds is 13. The largest absolute Gasteiger partial charge is 0.480 e. The highest BCUT2D eigenvalue weighted by atomic mass is 16.4. The van der Waals surface area contributed by atoms with Crippen LogP contribution in [0, 0.1) is 5.92 Å². The molecule has 0 aromatic heterocycles. The normalized spacial score (nSPS) is 14.2. The van der Waals surface area contributed by atoms with E-state index in [9.17, 15) is 28.8 Å². The van der Waals surface area contributed by atoms with E-state index >= 15 is 0 Å². The summed E-state index contributed by atoms with van der Waals surface area (Å²) < 4.78 is 0. The Balaban J connectivity index is 4.83. The van der Waals surface area contributed by atoms with Crippen molar-refractivity contribution < 1.29 is 33.9 Å². The molecule has 0 rings (SSSR count). The average molecular weight is 444 g/mol. The molecule has 0 aliphatic carbocycles. The lowest BCUT2D eigenvalue weighted by Crippen LogP contribution is -2.56. The quantitative estimate of drug-likeness (QED) is 0.153. The van der Waals surface area contributed by atoms with Gasteiger partial charge in [-0.3, -0.25) is 28.8 Å². The molecule has 13 heteroatoms. The van der Waals surface area contributed by atoms with Gasteiger partial charge in [-0.1, -0.05) is 20.3 Å². The summed E-state index contributed by atoms with van der Waals surface area (Å²) in [6.45, 7) is 5.03. The molecule has 0 unspecified atom stereocenters. The molecule has 0 aromatic rings. The third-order valence-electron chi connectivity index (χ3n) is 4.36. The molecule has 31 heavy (non-hydrogen) atoms. The van der Waals surface area contributed by atoms with Crippen LogP contribution in [0.1, 0.15) is 34.1 Å². The number of nitrogens with one attached hydrogen (secondary N) is 5. The summed E-state index contributed by atoms with van der Waals surface area (Å²) >= 11 is 0. The monoisotopic (exact) mass is 444 g/mol. The van der Waals surface area contributed by atoms with E-state index in [4.69, 9.17) is 10.8 Å². The minimum absolute atomic E-state index is 0.281. The van der Waals surface area contributed by atoms with Gasteiger partial charge < -0.3 is 37.4 Å². The van der Waals surface area contributed by atoms with Crippen molar-refractivity contribution in [1.29, 1.82) is 0 Å². The Bertz CT molecular complexity index is 684. The van der Waals surface area contributed by atoms with E-state index in [-0.39, 0.29) is 12.5 Å². The number of nitrogens with two attached hydrogens (primary N) is 1. The van der Waals surface area contributed by atoms with E-state index in [2.05, 4.69) is 26.6 Å². The van der Waals surface area contributed by atoms with Gasteiger partial charge in [-0.05, 0) is 19.8 Å². The lowest BCUT2D eigenvalue weighted by molar-refractivity contribution is -0.138. The van der Waals surface area contributed by atoms with Crippen LogP contribution in [0.2, 0.25) is 0 Å². The molecule has 0 fully saturated rings. The van der Waals surface area contributed by atoms with Crippen LogP contribution in [-0.4, -0.2) is 78.4 Å². The third kappa shape index (κ3) is 10.9.